The van der Waals surface area contributed by atoms with Gasteiger partial charge in [0.2, 0.25) is 0 Å². The maximum absolute atomic E-state index is 10.6. The Morgan fingerprint density at radius 1 is 1.40 bits per heavy atom. The highest BCUT2D eigenvalue weighted by Gasteiger charge is 2.54. The standard InChI is InChI=1S/C7H6N2O6/c10-6(11)5-2-1-3-7(4-5,8(12)13)9(14)15/h1-2,4H,3H2,(H,10,11). The maximum Gasteiger partial charge on any atom is 0.482 e. The third kappa shape index (κ3) is 1.68. The molecule has 1 rings (SSSR count). The van der Waals surface area contributed by atoms with Crippen LogP contribution in [0, 0.1) is 20.2 Å². The van der Waals surface area contributed by atoms with Gasteiger partial charge in [0, 0.05) is 0 Å². The Labute approximate surface area is 82.8 Å². The van der Waals surface area contributed by atoms with Crippen LogP contribution in [0.5, 0.6) is 0 Å². The lowest BCUT2D eigenvalue weighted by molar-refractivity contribution is -0.780. The molecule has 0 radical (unpaired) electrons. The molecule has 1 N–H and O–H groups in total. The lowest BCUT2D eigenvalue weighted by Crippen LogP contribution is -2.45. The fourth-order valence-corrected chi connectivity index (χ4v) is 1.17. The van der Waals surface area contributed by atoms with Gasteiger partial charge in [-0.25, -0.2) is 4.79 Å². The van der Waals surface area contributed by atoms with Crippen molar-refractivity contribution in [3.05, 3.63) is 44.0 Å². The molecule has 15 heavy (non-hydrogen) atoms. The van der Waals surface area contributed by atoms with Crippen LogP contribution in [0.2, 0.25) is 0 Å². The van der Waals surface area contributed by atoms with Gasteiger partial charge < -0.3 is 5.11 Å². The second kappa shape index (κ2) is 3.48. The normalized spacial score (nSPS) is 18.0. The van der Waals surface area contributed by atoms with Gasteiger partial charge in [0.05, 0.1) is 11.6 Å². The van der Waals surface area contributed by atoms with Crippen LogP contribution in [0.25, 0.3) is 0 Å². The zero-order valence-electron chi connectivity index (χ0n) is 7.32. The van der Waals surface area contributed by atoms with Crippen LogP contribution in [0.4, 0.5) is 0 Å². The van der Waals surface area contributed by atoms with E-state index in [0.29, 0.717) is 6.08 Å². The molecule has 0 amide bonds. The molecule has 0 spiro atoms. The Hall–Kier alpha value is -2.25. The van der Waals surface area contributed by atoms with E-state index in [1.165, 1.54) is 0 Å². The summed E-state index contributed by atoms with van der Waals surface area (Å²) in [5.41, 5.74) is -3.00. The van der Waals surface area contributed by atoms with Crippen LogP contribution in [0.1, 0.15) is 6.42 Å². The second-order valence-corrected chi connectivity index (χ2v) is 2.90. The van der Waals surface area contributed by atoms with Gasteiger partial charge in [-0.3, -0.25) is 20.2 Å². The summed E-state index contributed by atoms with van der Waals surface area (Å²) in [6.07, 6.45) is 2.31. The molecule has 0 saturated heterocycles. The quantitative estimate of drug-likeness (QED) is 0.406. The first-order chi connectivity index (χ1) is 6.90. The van der Waals surface area contributed by atoms with Gasteiger partial charge >= 0.3 is 11.6 Å². The predicted molar refractivity (Wildman–Crippen MR) is 46.2 cm³/mol. The zero-order valence-corrected chi connectivity index (χ0v) is 7.32. The van der Waals surface area contributed by atoms with Crippen molar-refractivity contribution in [2.75, 3.05) is 0 Å². The van der Waals surface area contributed by atoms with E-state index in [1.807, 2.05) is 0 Å². The largest absolute Gasteiger partial charge is 0.482 e. The maximum atomic E-state index is 10.6. The van der Waals surface area contributed by atoms with Gasteiger partial charge in [0.15, 0.2) is 0 Å². The van der Waals surface area contributed by atoms with Crippen molar-refractivity contribution in [3.63, 3.8) is 0 Å². The van der Waals surface area contributed by atoms with E-state index < -0.39 is 33.5 Å². The molecular weight excluding hydrogens is 208 g/mol. The molecule has 0 aromatic carbocycles. The van der Waals surface area contributed by atoms with Crippen molar-refractivity contribution >= 4 is 5.97 Å². The minimum Gasteiger partial charge on any atom is -0.478 e. The van der Waals surface area contributed by atoms with Crippen molar-refractivity contribution in [1.82, 2.24) is 0 Å². The Kier molecular flexibility index (Phi) is 2.51. The van der Waals surface area contributed by atoms with Gasteiger partial charge in [0.1, 0.15) is 16.3 Å². The number of hydrogen-bond acceptors (Lipinski definition) is 5. The molecule has 0 saturated carbocycles. The zero-order chi connectivity index (χ0) is 11.6. The van der Waals surface area contributed by atoms with Crippen LogP contribution in [-0.2, 0) is 4.79 Å². The van der Waals surface area contributed by atoms with Crippen molar-refractivity contribution < 1.29 is 19.7 Å². The third-order valence-electron chi connectivity index (χ3n) is 1.98. The Balaban J connectivity index is 3.25. The lowest BCUT2D eigenvalue weighted by atomic mass is 9.97. The number of aliphatic carboxylic acids is 1. The van der Waals surface area contributed by atoms with Gasteiger partial charge in [-0.2, -0.15) is 0 Å². The summed E-state index contributed by atoms with van der Waals surface area (Å²) in [6.45, 7) is 0. The number of rotatable bonds is 3. The number of nitrogens with zero attached hydrogens (tertiary/aromatic N) is 2. The molecule has 0 aliphatic heterocycles. The fourth-order valence-electron chi connectivity index (χ4n) is 1.17. The van der Waals surface area contributed by atoms with Gasteiger partial charge in [-0.05, 0) is 0 Å². The molecule has 0 unspecified atom stereocenters. The van der Waals surface area contributed by atoms with Crippen LogP contribution in [-0.4, -0.2) is 26.6 Å². The molecule has 1 aliphatic rings. The number of nitro groups is 2. The third-order valence-corrected chi connectivity index (χ3v) is 1.98. The van der Waals surface area contributed by atoms with Crippen LogP contribution in [0.3, 0.4) is 0 Å². The van der Waals surface area contributed by atoms with E-state index in [-0.39, 0.29) is 0 Å². The summed E-state index contributed by atoms with van der Waals surface area (Å²) in [7, 11) is 0. The summed E-state index contributed by atoms with van der Waals surface area (Å²) in [5, 5.41) is 29.7. The molecule has 80 valence electrons. The first-order valence-corrected chi connectivity index (χ1v) is 3.82. The molecule has 0 bridgehead atoms. The van der Waals surface area contributed by atoms with Gasteiger partial charge in [-0.15, -0.1) is 0 Å². The number of carboxylic acids is 1. The summed E-state index contributed by atoms with van der Waals surface area (Å²) in [5.74, 6) is -1.43. The number of hydrogen-bond donors (Lipinski definition) is 1. The molecule has 0 atom stereocenters. The smallest absolute Gasteiger partial charge is 0.478 e. The molecule has 0 heterocycles. The van der Waals surface area contributed by atoms with Crippen molar-refractivity contribution in [2.45, 2.75) is 12.1 Å². The molecule has 0 aromatic heterocycles. The van der Waals surface area contributed by atoms with Crippen LogP contribution >= 0.6 is 0 Å². The molecule has 0 fully saturated rings. The second-order valence-electron chi connectivity index (χ2n) is 2.90. The first kappa shape index (κ1) is 10.8. The highest BCUT2D eigenvalue weighted by atomic mass is 16.7. The molecular formula is C7H6N2O6. The minimum absolute atomic E-state index is 0.449. The Bertz CT molecular complexity index is 382. The minimum atomic E-state index is -2.55. The Morgan fingerprint density at radius 2 is 1.93 bits per heavy atom. The van der Waals surface area contributed by atoms with E-state index in [9.17, 15) is 25.0 Å². The number of carboxylic acid groups (broad SMARTS) is 1. The van der Waals surface area contributed by atoms with Crippen molar-refractivity contribution in [3.8, 4) is 0 Å². The van der Waals surface area contributed by atoms with E-state index in [0.717, 1.165) is 12.2 Å². The fraction of sp³-hybridized carbons (Fsp3) is 0.286. The summed E-state index contributed by atoms with van der Waals surface area (Å²) >= 11 is 0. The van der Waals surface area contributed by atoms with E-state index >= 15 is 0 Å². The van der Waals surface area contributed by atoms with Crippen molar-refractivity contribution in [1.29, 1.82) is 0 Å². The number of carbonyl (C=O) groups is 1. The summed E-state index contributed by atoms with van der Waals surface area (Å²) < 4.78 is 0. The van der Waals surface area contributed by atoms with E-state index in [4.69, 9.17) is 5.11 Å². The monoisotopic (exact) mass is 214 g/mol. The summed E-state index contributed by atoms with van der Waals surface area (Å²) in [4.78, 5) is 29.5. The topological polar surface area (TPSA) is 124 Å². The molecule has 1 aliphatic carbocycles. The summed E-state index contributed by atoms with van der Waals surface area (Å²) in [6, 6.07) is 0. The van der Waals surface area contributed by atoms with E-state index in [2.05, 4.69) is 0 Å². The van der Waals surface area contributed by atoms with Crippen molar-refractivity contribution in [2.24, 2.45) is 0 Å². The molecule has 0 aromatic rings. The van der Waals surface area contributed by atoms with Gasteiger partial charge in [-0.1, -0.05) is 12.2 Å². The van der Waals surface area contributed by atoms with Crippen LogP contribution < -0.4 is 0 Å². The highest BCUT2D eigenvalue weighted by Crippen LogP contribution is 2.25. The van der Waals surface area contributed by atoms with E-state index in [1.54, 1.807) is 0 Å². The predicted octanol–water partition coefficient (Wildman–Crippen LogP) is 0.207. The van der Waals surface area contributed by atoms with Crippen LogP contribution in [0.15, 0.2) is 23.8 Å². The average molecular weight is 214 g/mol. The lowest BCUT2D eigenvalue weighted by Gasteiger charge is -2.14. The SMILES string of the molecule is O=C(O)C1=CC([N+](=O)[O-])([N+](=O)[O-])CC=C1. The van der Waals surface area contributed by atoms with Gasteiger partial charge in [0.25, 0.3) is 0 Å². The molecule has 8 nitrogen and oxygen atoms in total. The highest BCUT2D eigenvalue weighted by molar-refractivity contribution is 5.90. The molecule has 8 heteroatoms. The Morgan fingerprint density at radius 3 is 2.33 bits per heavy atom. The first-order valence-electron chi connectivity index (χ1n) is 3.82. The average Bonchev–Trinajstić information content (AvgIpc) is 2.17.